The largest absolute Gasteiger partial charge is 0.481 e. The molecule has 1 N–H and O–H groups in total. The van der Waals surface area contributed by atoms with E-state index in [0.717, 1.165) is 36.2 Å². The molecule has 1 fully saturated rings. The van der Waals surface area contributed by atoms with Gasteiger partial charge in [-0.3, -0.25) is 14.7 Å². The Hall–Kier alpha value is -1.62. The zero-order valence-corrected chi connectivity index (χ0v) is 16.2. The smallest absolute Gasteiger partial charge is 0.307 e. The van der Waals surface area contributed by atoms with Gasteiger partial charge in [-0.15, -0.1) is 0 Å². The molecule has 0 spiro atoms. The molecule has 2 atom stereocenters. The van der Waals surface area contributed by atoms with Crippen LogP contribution in [-0.2, 0) is 11.2 Å². The second-order valence-electron chi connectivity index (χ2n) is 6.66. The molecule has 2 aromatic rings. The first-order valence-electron chi connectivity index (χ1n) is 8.86. The number of benzene rings is 1. The predicted molar refractivity (Wildman–Crippen MR) is 104 cm³/mol. The van der Waals surface area contributed by atoms with Crippen LogP contribution in [0.15, 0.2) is 36.5 Å². The Kier molecular flexibility index (Phi) is 6.17. The number of nitrogens with zero attached hydrogens (tertiary/aromatic N) is 2. The van der Waals surface area contributed by atoms with E-state index in [2.05, 4.69) is 22.9 Å². The molecule has 0 bridgehead atoms. The summed E-state index contributed by atoms with van der Waals surface area (Å²) in [6, 6.07) is 9.43. The lowest BCUT2D eigenvalue weighted by molar-refractivity contribution is -0.143. The number of aliphatic carboxylic acids is 1. The number of hydrogen-bond acceptors (Lipinski definition) is 3. The molecule has 1 saturated heterocycles. The number of aryl methyl sites for hydroxylation is 1. The number of halogens is 2. The van der Waals surface area contributed by atoms with Gasteiger partial charge < -0.3 is 5.11 Å². The van der Waals surface area contributed by atoms with Gasteiger partial charge >= 0.3 is 5.97 Å². The molecule has 1 aromatic heterocycles. The minimum Gasteiger partial charge on any atom is -0.481 e. The average molecular weight is 393 g/mol. The Morgan fingerprint density at radius 3 is 2.81 bits per heavy atom. The zero-order valence-electron chi connectivity index (χ0n) is 14.7. The first kappa shape index (κ1) is 19.2. The second-order valence-corrected chi connectivity index (χ2v) is 7.45. The van der Waals surface area contributed by atoms with E-state index < -0.39 is 5.97 Å². The van der Waals surface area contributed by atoms with Crippen molar-refractivity contribution in [3.63, 3.8) is 0 Å². The van der Waals surface area contributed by atoms with Gasteiger partial charge in [0.05, 0.1) is 27.7 Å². The Morgan fingerprint density at radius 1 is 1.35 bits per heavy atom. The number of aromatic nitrogens is 1. The van der Waals surface area contributed by atoms with Gasteiger partial charge in [-0.05, 0) is 49.1 Å². The number of rotatable bonds is 5. The fourth-order valence-corrected chi connectivity index (χ4v) is 3.94. The quantitative estimate of drug-likeness (QED) is 0.790. The molecule has 0 radical (unpaired) electrons. The average Bonchev–Trinajstić information content (AvgIpc) is 2.66. The van der Waals surface area contributed by atoms with Crippen LogP contribution in [0, 0.1) is 5.92 Å². The fourth-order valence-electron chi connectivity index (χ4n) is 3.52. The van der Waals surface area contributed by atoms with Gasteiger partial charge in [0.2, 0.25) is 0 Å². The number of piperidine rings is 1. The number of carboxylic acid groups (broad SMARTS) is 1. The van der Waals surface area contributed by atoms with Gasteiger partial charge in [0.1, 0.15) is 0 Å². The number of carboxylic acids is 1. The summed E-state index contributed by atoms with van der Waals surface area (Å²) >= 11 is 12.8. The van der Waals surface area contributed by atoms with Crippen LogP contribution in [0.3, 0.4) is 0 Å². The SMILES string of the molecule is CCc1ccc(C(c2cccc(Cl)c2Cl)N2CCCC(C(=O)O)C2)nc1. The van der Waals surface area contributed by atoms with Gasteiger partial charge in [0.15, 0.2) is 0 Å². The summed E-state index contributed by atoms with van der Waals surface area (Å²) in [6.45, 7) is 3.36. The normalized spacial score (nSPS) is 19.3. The first-order chi connectivity index (χ1) is 12.5. The minimum absolute atomic E-state index is 0.214. The van der Waals surface area contributed by atoms with Crippen molar-refractivity contribution in [2.45, 2.75) is 32.2 Å². The van der Waals surface area contributed by atoms with Crippen LogP contribution in [0.2, 0.25) is 10.0 Å². The first-order valence-corrected chi connectivity index (χ1v) is 9.62. The lowest BCUT2D eigenvalue weighted by Crippen LogP contribution is -2.41. The van der Waals surface area contributed by atoms with Crippen molar-refractivity contribution in [3.05, 3.63) is 63.4 Å². The third kappa shape index (κ3) is 4.03. The monoisotopic (exact) mass is 392 g/mol. The maximum Gasteiger partial charge on any atom is 0.307 e. The van der Waals surface area contributed by atoms with Crippen LogP contribution >= 0.6 is 23.2 Å². The highest BCUT2D eigenvalue weighted by molar-refractivity contribution is 6.42. The maximum atomic E-state index is 11.5. The van der Waals surface area contributed by atoms with Gasteiger partial charge in [0.25, 0.3) is 0 Å². The third-order valence-electron chi connectivity index (χ3n) is 4.98. The molecule has 1 aliphatic heterocycles. The zero-order chi connectivity index (χ0) is 18.7. The van der Waals surface area contributed by atoms with Gasteiger partial charge in [-0.2, -0.15) is 0 Å². The highest BCUT2D eigenvalue weighted by Gasteiger charge is 2.33. The highest BCUT2D eigenvalue weighted by atomic mass is 35.5. The summed E-state index contributed by atoms with van der Waals surface area (Å²) in [5.74, 6) is -1.13. The summed E-state index contributed by atoms with van der Waals surface area (Å²) in [4.78, 5) is 18.3. The molecule has 2 unspecified atom stereocenters. The Labute approximate surface area is 163 Å². The van der Waals surface area contributed by atoms with Gasteiger partial charge in [-0.1, -0.05) is 48.3 Å². The molecule has 0 amide bonds. The van der Waals surface area contributed by atoms with Crippen molar-refractivity contribution in [2.24, 2.45) is 5.92 Å². The minimum atomic E-state index is -0.750. The molecule has 4 nitrogen and oxygen atoms in total. The van der Waals surface area contributed by atoms with E-state index in [1.807, 2.05) is 24.4 Å². The van der Waals surface area contributed by atoms with Crippen molar-refractivity contribution < 1.29 is 9.90 Å². The topological polar surface area (TPSA) is 53.4 Å². The van der Waals surface area contributed by atoms with E-state index in [9.17, 15) is 9.90 Å². The van der Waals surface area contributed by atoms with Crippen molar-refractivity contribution in [3.8, 4) is 0 Å². The van der Waals surface area contributed by atoms with Crippen molar-refractivity contribution in [1.82, 2.24) is 9.88 Å². The predicted octanol–water partition coefficient (Wildman–Crippen LogP) is 4.84. The van der Waals surface area contributed by atoms with Crippen LogP contribution in [0.1, 0.15) is 42.6 Å². The van der Waals surface area contributed by atoms with Gasteiger partial charge in [-0.25, -0.2) is 0 Å². The van der Waals surface area contributed by atoms with Crippen LogP contribution in [0.5, 0.6) is 0 Å². The Balaban J connectivity index is 2.03. The summed E-state index contributed by atoms with van der Waals surface area (Å²) < 4.78 is 0. The van der Waals surface area contributed by atoms with Crippen LogP contribution in [-0.4, -0.2) is 34.0 Å². The van der Waals surface area contributed by atoms with Crippen LogP contribution in [0.4, 0.5) is 0 Å². The van der Waals surface area contributed by atoms with Crippen molar-refractivity contribution >= 4 is 29.2 Å². The number of carbonyl (C=O) groups is 1. The highest BCUT2D eigenvalue weighted by Crippen LogP contribution is 2.38. The lowest BCUT2D eigenvalue weighted by Gasteiger charge is -2.37. The second kappa shape index (κ2) is 8.38. The van der Waals surface area contributed by atoms with Crippen LogP contribution < -0.4 is 0 Å². The van der Waals surface area contributed by atoms with Crippen LogP contribution in [0.25, 0.3) is 0 Å². The summed E-state index contributed by atoms with van der Waals surface area (Å²) in [7, 11) is 0. The Bertz CT molecular complexity index is 780. The summed E-state index contributed by atoms with van der Waals surface area (Å²) in [5, 5.41) is 10.4. The molecule has 0 aliphatic carbocycles. The van der Waals surface area contributed by atoms with Crippen molar-refractivity contribution in [2.75, 3.05) is 13.1 Å². The van der Waals surface area contributed by atoms with E-state index in [4.69, 9.17) is 23.2 Å². The maximum absolute atomic E-state index is 11.5. The number of likely N-dealkylation sites (tertiary alicyclic amines) is 1. The molecule has 26 heavy (non-hydrogen) atoms. The molecule has 1 aliphatic rings. The standard InChI is InChI=1S/C20H22Cl2N2O2/c1-2-13-8-9-17(23-11-13)19(15-6-3-7-16(21)18(15)22)24-10-4-5-14(12-24)20(25)26/h3,6-9,11,14,19H,2,4-5,10,12H2,1H3,(H,25,26). The molecular weight excluding hydrogens is 371 g/mol. The van der Waals surface area contributed by atoms with Crippen molar-refractivity contribution in [1.29, 1.82) is 0 Å². The molecule has 0 saturated carbocycles. The summed E-state index contributed by atoms with van der Waals surface area (Å²) in [5.41, 5.74) is 2.88. The Morgan fingerprint density at radius 2 is 2.15 bits per heavy atom. The fraction of sp³-hybridized carbons (Fsp3) is 0.400. The molecule has 138 valence electrons. The van der Waals surface area contributed by atoms with Gasteiger partial charge in [0, 0.05) is 12.7 Å². The molecule has 6 heteroatoms. The van der Waals surface area contributed by atoms with E-state index in [1.54, 1.807) is 6.07 Å². The number of hydrogen-bond donors (Lipinski definition) is 1. The third-order valence-corrected chi connectivity index (χ3v) is 5.81. The van der Waals surface area contributed by atoms with E-state index in [-0.39, 0.29) is 12.0 Å². The number of pyridine rings is 1. The van der Waals surface area contributed by atoms with E-state index >= 15 is 0 Å². The molecule has 1 aromatic carbocycles. The van der Waals surface area contributed by atoms with E-state index in [0.29, 0.717) is 23.0 Å². The molecular formula is C20H22Cl2N2O2. The molecule has 3 rings (SSSR count). The van der Waals surface area contributed by atoms with E-state index in [1.165, 1.54) is 0 Å². The molecule has 2 heterocycles. The lowest BCUT2D eigenvalue weighted by atomic mass is 9.93. The summed E-state index contributed by atoms with van der Waals surface area (Å²) in [6.07, 6.45) is 4.32.